The Morgan fingerprint density at radius 1 is 1.03 bits per heavy atom. The number of halogens is 1. The Balaban J connectivity index is 1.66. The van der Waals surface area contributed by atoms with Crippen molar-refractivity contribution in [2.45, 2.75) is 37.8 Å². The highest BCUT2D eigenvalue weighted by molar-refractivity contribution is 5.76. The fraction of sp³-hybridized carbons (Fsp3) is 0.240. The topological polar surface area (TPSA) is 119 Å². The van der Waals surface area contributed by atoms with Crippen molar-refractivity contribution in [1.82, 2.24) is 24.4 Å². The minimum atomic E-state index is -1.10. The van der Waals surface area contributed by atoms with Crippen LogP contribution in [0, 0.1) is 5.82 Å². The molecule has 1 amide bonds. The molecule has 1 saturated carbocycles. The Hall–Kier alpha value is -4.34. The zero-order valence-electron chi connectivity index (χ0n) is 18.6. The van der Waals surface area contributed by atoms with E-state index >= 15 is 0 Å². The van der Waals surface area contributed by atoms with E-state index in [0.29, 0.717) is 37.1 Å². The van der Waals surface area contributed by atoms with Crippen LogP contribution in [0.5, 0.6) is 0 Å². The van der Waals surface area contributed by atoms with Crippen LogP contribution in [0.4, 0.5) is 9.18 Å². The highest BCUT2D eigenvalue weighted by Gasteiger charge is 2.28. The maximum atomic E-state index is 14.1. The molecule has 10 heteroatoms. The summed E-state index contributed by atoms with van der Waals surface area (Å²) in [5, 5.41) is 11.4. The monoisotopic (exact) mass is 475 g/mol. The van der Waals surface area contributed by atoms with Gasteiger partial charge in [0.15, 0.2) is 5.65 Å². The second-order valence-corrected chi connectivity index (χ2v) is 8.54. The molecule has 35 heavy (non-hydrogen) atoms. The van der Waals surface area contributed by atoms with Crippen molar-refractivity contribution in [1.29, 1.82) is 0 Å². The minimum Gasteiger partial charge on any atom is -0.465 e. The van der Waals surface area contributed by atoms with Gasteiger partial charge in [0.25, 0.3) is 5.56 Å². The molecule has 0 unspecified atom stereocenters. The molecule has 5 rings (SSSR count). The number of aromatic nitrogens is 4. The van der Waals surface area contributed by atoms with Crippen LogP contribution in [0.15, 0.2) is 70.5 Å². The summed E-state index contributed by atoms with van der Waals surface area (Å²) in [7, 11) is 0. The summed E-state index contributed by atoms with van der Waals surface area (Å²) in [6.07, 6.45) is 3.38. The molecular weight excluding hydrogens is 453 g/mol. The molecule has 1 aliphatic carbocycles. The molecule has 1 aliphatic rings. The highest BCUT2D eigenvalue weighted by atomic mass is 19.1. The zero-order chi connectivity index (χ0) is 24.5. The van der Waals surface area contributed by atoms with Gasteiger partial charge in [0.1, 0.15) is 5.82 Å². The Bertz CT molecular complexity index is 1520. The minimum absolute atomic E-state index is 0.00127. The smallest absolute Gasteiger partial charge is 0.404 e. The van der Waals surface area contributed by atoms with Crippen LogP contribution < -0.4 is 16.6 Å². The SMILES string of the molecule is O=C(O)N[C@H]1CC[C@@H](n2c(=O)c3cc(F)cnc3n(-c3cccc(-c4ccccn4)c3)c2=O)CC1. The first-order chi connectivity index (χ1) is 16.9. The van der Waals surface area contributed by atoms with Crippen LogP contribution >= 0.6 is 0 Å². The van der Waals surface area contributed by atoms with Crippen LogP contribution in [0.2, 0.25) is 0 Å². The van der Waals surface area contributed by atoms with Crippen molar-refractivity contribution in [2.75, 3.05) is 0 Å². The third-order valence-corrected chi connectivity index (χ3v) is 6.35. The van der Waals surface area contributed by atoms with Gasteiger partial charge in [0, 0.05) is 23.8 Å². The molecule has 0 atom stereocenters. The molecule has 3 heterocycles. The lowest BCUT2D eigenvalue weighted by atomic mass is 9.91. The highest BCUT2D eigenvalue weighted by Crippen LogP contribution is 2.28. The maximum Gasteiger partial charge on any atom is 0.404 e. The molecular formula is C25H22FN5O4. The molecule has 0 saturated heterocycles. The zero-order valence-corrected chi connectivity index (χ0v) is 18.6. The van der Waals surface area contributed by atoms with E-state index in [9.17, 15) is 18.8 Å². The third kappa shape index (κ3) is 4.30. The van der Waals surface area contributed by atoms with E-state index in [-0.39, 0.29) is 17.1 Å². The maximum absolute atomic E-state index is 14.1. The number of nitrogens with zero attached hydrogens (tertiary/aromatic N) is 4. The number of hydrogen-bond donors (Lipinski definition) is 2. The molecule has 2 N–H and O–H groups in total. The van der Waals surface area contributed by atoms with Crippen LogP contribution in [0.25, 0.3) is 28.0 Å². The van der Waals surface area contributed by atoms with Gasteiger partial charge < -0.3 is 10.4 Å². The number of rotatable bonds is 4. The van der Waals surface area contributed by atoms with Crippen LogP contribution in [-0.4, -0.2) is 36.3 Å². The summed E-state index contributed by atoms with van der Waals surface area (Å²) in [4.78, 5) is 46.5. The first-order valence-corrected chi connectivity index (χ1v) is 11.3. The fourth-order valence-corrected chi connectivity index (χ4v) is 4.73. The molecule has 0 spiro atoms. The second kappa shape index (κ2) is 9.13. The van der Waals surface area contributed by atoms with Gasteiger partial charge >= 0.3 is 11.8 Å². The van der Waals surface area contributed by atoms with Crippen molar-refractivity contribution in [3.63, 3.8) is 0 Å². The van der Waals surface area contributed by atoms with Crippen molar-refractivity contribution in [3.05, 3.63) is 87.6 Å². The normalized spacial score (nSPS) is 17.9. The largest absolute Gasteiger partial charge is 0.465 e. The van der Waals surface area contributed by atoms with E-state index < -0.39 is 29.2 Å². The summed E-state index contributed by atoms with van der Waals surface area (Å²) in [6.45, 7) is 0. The van der Waals surface area contributed by atoms with Crippen LogP contribution in [-0.2, 0) is 0 Å². The summed E-state index contributed by atoms with van der Waals surface area (Å²) in [6, 6.07) is 13.1. The van der Waals surface area contributed by atoms with Gasteiger partial charge in [-0.1, -0.05) is 18.2 Å². The number of fused-ring (bicyclic) bond motifs is 1. The van der Waals surface area contributed by atoms with Gasteiger partial charge in [-0.2, -0.15) is 0 Å². The van der Waals surface area contributed by atoms with Crippen molar-refractivity contribution in [3.8, 4) is 16.9 Å². The molecule has 3 aromatic heterocycles. The van der Waals surface area contributed by atoms with E-state index in [1.165, 1.54) is 4.57 Å². The predicted molar refractivity (Wildman–Crippen MR) is 127 cm³/mol. The summed E-state index contributed by atoms with van der Waals surface area (Å²) >= 11 is 0. The lowest BCUT2D eigenvalue weighted by Crippen LogP contribution is -2.45. The van der Waals surface area contributed by atoms with Crippen LogP contribution in [0.3, 0.4) is 0 Å². The molecule has 1 fully saturated rings. The van der Waals surface area contributed by atoms with Gasteiger partial charge in [-0.25, -0.2) is 23.5 Å². The molecule has 1 aromatic carbocycles. The van der Waals surface area contributed by atoms with Crippen molar-refractivity contribution in [2.24, 2.45) is 0 Å². The number of amides is 1. The lowest BCUT2D eigenvalue weighted by molar-refractivity contribution is 0.182. The van der Waals surface area contributed by atoms with Crippen LogP contribution in [0.1, 0.15) is 31.7 Å². The Kier molecular flexibility index (Phi) is 5.86. The average molecular weight is 475 g/mol. The Morgan fingerprint density at radius 2 is 1.83 bits per heavy atom. The van der Waals surface area contributed by atoms with E-state index in [1.54, 1.807) is 30.5 Å². The molecule has 0 bridgehead atoms. The number of pyridine rings is 2. The van der Waals surface area contributed by atoms with Gasteiger partial charge in [-0.05, 0) is 56.0 Å². The van der Waals surface area contributed by atoms with Crippen molar-refractivity contribution >= 4 is 17.1 Å². The first-order valence-electron chi connectivity index (χ1n) is 11.3. The van der Waals surface area contributed by atoms with E-state index in [1.807, 2.05) is 18.2 Å². The summed E-state index contributed by atoms with van der Waals surface area (Å²) in [5.41, 5.74) is 0.832. The standard InChI is InChI=1S/C25H22FN5O4/c26-16-13-20-22(28-14-16)30(19-5-3-4-15(12-19)21-6-1-2-11-27-21)25(35)31(23(20)32)18-9-7-17(8-10-18)29-24(33)34/h1-6,11-14,17-18,29H,7-10H2,(H,33,34)/t17-,18+. The molecule has 0 radical (unpaired) electrons. The number of benzene rings is 1. The number of carbonyl (C=O) groups is 1. The van der Waals surface area contributed by atoms with E-state index in [2.05, 4.69) is 15.3 Å². The molecule has 9 nitrogen and oxygen atoms in total. The third-order valence-electron chi connectivity index (χ3n) is 6.35. The van der Waals surface area contributed by atoms with Gasteiger partial charge in [0.05, 0.1) is 23.0 Å². The van der Waals surface area contributed by atoms with E-state index in [4.69, 9.17) is 5.11 Å². The second-order valence-electron chi connectivity index (χ2n) is 8.54. The quantitative estimate of drug-likeness (QED) is 0.466. The van der Waals surface area contributed by atoms with Gasteiger partial charge in [-0.15, -0.1) is 0 Å². The molecule has 0 aliphatic heterocycles. The Morgan fingerprint density at radius 3 is 2.54 bits per heavy atom. The van der Waals surface area contributed by atoms with Gasteiger partial charge in [-0.3, -0.25) is 14.3 Å². The summed E-state index contributed by atoms with van der Waals surface area (Å²) < 4.78 is 16.6. The number of carboxylic acid groups (broad SMARTS) is 1. The van der Waals surface area contributed by atoms with E-state index in [0.717, 1.165) is 22.4 Å². The fourth-order valence-electron chi connectivity index (χ4n) is 4.73. The summed E-state index contributed by atoms with van der Waals surface area (Å²) in [5.74, 6) is -0.678. The predicted octanol–water partition coefficient (Wildman–Crippen LogP) is 3.50. The lowest BCUT2D eigenvalue weighted by Gasteiger charge is -2.29. The number of nitrogens with one attached hydrogen (secondary N) is 1. The first kappa shape index (κ1) is 22.5. The van der Waals surface area contributed by atoms with Crippen molar-refractivity contribution < 1.29 is 14.3 Å². The molecule has 178 valence electrons. The molecule has 4 aromatic rings. The van der Waals surface area contributed by atoms with Gasteiger partial charge in [0.2, 0.25) is 0 Å². The Labute approximate surface area is 198 Å². The number of hydrogen-bond acceptors (Lipinski definition) is 5. The average Bonchev–Trinajstić information content (AvgIpc) is 2.86.